The summed E-state index contributed by atoms with van der Waals surface area (Å²) in [6.07, 6.45) is 1.88. The van der Waals surface area contributed by atoms with Crippen LogP contribution in [0.25, 0.3) is 117 Å². The average Bonchev–Trinajstić information content (AvgIpc) is 4.12. The molecule has 362 valence electrons. The molecule has 0 saturated carbocycles. The zero-order chi connectivity index (χ0) is 51.2. The summed E-state index contributed by atoms with van der Waals surface area (Å²) in [5.74, 6) is 0. The first-order valence-electron chi connectivity index (χ1n) is 26.3. The van der Waals surface area contributed by atoms with E-state index in [2.05, 4.69) is 312 Å². The summed E-state index contributed by atoms with van der Waals surface area (Å²) < 4.78 is 4.73. The van der Waals surface area contributed by atoms with Crippen molar-refractivity contribution in [3.05, 3.63) is 303 Å². The lowest BCUT2D eigenvalue weighted by Crippen LogP contribution is -2.09. The first-order chi connectivity index (χ1) is 38.1. The molecule has 3 nitrogen and oxygen atoms in total. The van der Waals surface area contributed by atoms with Gasteiger partial charge in [0.1, 0.15) is 0 Å². The van der Waals surface area contributed by atoms with Crippen molar-refractivity contribution in [2.75, 3.05) is 4.90 Å². The zero-order valence-electron chi connectivity index (χ0n) is 42.3. The van der Waals surface area contributed by atoms with Crippen LogP contribution in [0.3, 0.4) is 0 Å². The van der Waals surface area contributed by atoms with E-state index >= 15 is 0 Å². The van der Waals surface area contributed by atoms with Crippen LogP contribution in [-0.4, -0.2) is 9.13 Å². The summed E-state index contributed by atoms with van der Waals surface area (Å²) in [7, 11) is 0. The van der Waals surface area contributed by atoms with E-state index in [-0.39, 0.29) is 0 Å². The Balaban J connectivity index is 0.745. The highest BCUT2D eigenvalue weighted by Crippen LogP contribution is 2.41. The Morgan fingerprint density at radius 2 is 0.519 bits per heavy atom. The van der Waals surface area contributed by atoms with Crippen LogP contribution in [0.4, 0.5) is 17.1 Å². The molecule has 0 radical (unpaired) electrons. The van der Waals surface area contributed by atoms with Gasteiger partial charge < -0.3 is 14.0 Å². The molecule has 12 aromatic carbocycles. The summed E-state index contributed by atoms with van der Waals surface area (Å²) >= 11 is 0. The molecule has 14 rings (SSSR count). The number of benzene rings is 12. The van der Waals surface area contributed by atoms with Gasteiger partial charge in [-0.3, -0.25) is 0 Å². The second-order valence-corrected chi connectivity index (χ2v) is 19.8. The molecule has 77 heavy (non-hydrogen) atoms. The maximum Gasteiger partial charge on any atom is 0.0541 e. The minimum Gasteiger partial charge on any atom is -0.311 e. The van der Waals surface area contributed by atoms with E-state index in [1.165, 1.54) is 99.4 Å². The molecule has 0 bridgehead atoms. The van der Waals surface area contributed by atoms with Crippen molar-refractivity contribution in [3.63, 3.8) is 0 Å². The van der Waals surface area contributed by atoms with Gasteiger partial charge in [0, 0.05) is 50.0 Å². The smallest absolute Gasteiger partial charge is 0.0541 e. The number of hydrogen-bond acceptors (Lipinski definition) is 1. The summed E-state index contributed by atoms with van der Waals surface area (Å²) in [5.41, 5.74) is 23.3. The maximum absolute atomic E-state index is 3.94. The fourth-order valence-electron chi connectivity index (χ4n) is 11.4. The van der Waals surface area contributed by atoms with Crippen LogP contribution < -0.4 is 4.90 Å². The average molecular weight is 982 g/mol. The molecule has 14 aromatic rings. The highest BCUT2D eigenvalue weighted by Gasteiger charge is 2.18. The van der Waals surface area contributed by atoms with E-state index < -0.39 is 0 Å². The van der Waals surface area contributed by atoms with Gasteiger partial charge >= 0.3 is 0 Å². The number of hydrogen-bond donors (Lipinski definition) is 0. The molecular weight excluding hydrogens is 931 g/mol. The molecule has 0 saturated heterocycles. The fourth-order valence-corrected chi connectivity index (χ4v) is 11.4. The normalized spacial score (nSPS) is 11.4. The van der Waals surface area contributed by atoms with Crippen molar-refractivity contribution in [1.29, 1.82) is 0 Å². The van der Waals surface area contributed by atoms with Crippen LogP contribution >= 0.6 is 0 Å². The van der Waals surface area contributed by atoms with Crippen LogP contribution in [0.15, 0.2) is 298 Å². The third-order valence-electron chi connectivity index (χ3n) is 15.3. The molecule has 3 heteroatoms. The Kier molecular flexibility index (Phi) is 11.3. The molecule has 2 aromatic heterocycles. The van der Waals surface area contributed by atoms with Crippen molar-refractivity contribution in [1.82, 2.24) is 9.13 Å². The predicted molar refractivity (Wildman–Crippen MR) is 327 cm³/mol. The molecule has 0 spiro atoms. The monoisotopic (exact) mass is 981 g/mol. The lowest BCUT2D eigenvalue weighted by molar-refractivity contribution is 1.18. The van der Waals surface area contributed by atoms with Crippen molar-refractivity contribution >= 4 is 66.7 Å². The maximum atomic E-state index is 3.94. The van der Waals surface area contributed by atoms with Gasteiger partial charge in [0.2, 0.25) is 0 Å². The Hall–Kier alpha value is -10.2. The summed E-state index contributed by atoms with van der Waals surface area (Å²) in [4.78, 5) is 2.35. The van der Waals surface area contributed by atoms with E-state index in [4.69, 9.17) is 0 Å². The Bertz CT molecular complexity index is 4440. The van der Waals surface area contributed by atoms with E-state index in [1.807, 2.05) is 6.08 Å². The van der Waals surface area contributed by atoms with Crippen molar-refractivity contribution < 1.29 is 0 Å². The summed E-state index contributed by atoms with van der Waals surface area (Å²) in [5, 5.41) is 5.00. The third-order valence-corrected chi connectivity index (χ3v) is 15.3. The van der Waals surface area contributed by atoms with Crippen LogP contribution in [0.2, 0.25) is 0 Å². The van der Waals surface area contributed by atoms with Crippen molar-refractivity contribution in [2.24, 2.45) is 0 Å². The molecule has 0 aliphatic heterocycles. The number of rotatable bonds is 11. The number of aromatic nitrogens is 2. The lowest BCUT2D eigenvalue weighted by Gasteiger charge is -2.26. The Morgan fingerprint density at radius 1 is 0.247 bits per heavy atom. The highest BCUT2D eigenvalue weighted by molar-refractivity contribution is 6.11. The standard InChI is InChI=1S/C74H51N3/c1-2-51-21-23-52(24-22-51)56-33-41-64(42-34-56)75(66-45-37-59(38-46-66)61-40-48-74-70(50-61)68-18-10-12-20-72(68)77(74)63-15-7-4-8-16-63)65-43-35-57(36-44-65)55-27-25-53(26-28-55)54-29-31-58(32-30-54)60-39-47-73-69(49-60)67-17-9-11-19-71(67)76(73)62-13-5-3-6-14-62/h2-50H,1H2. The van der Waals surface area contributed by atoms with Gasteiger partial charge in [-0.05, 0) is 158 Å². The molecular formula is C74H51N3. The lowest BCUT2D eigenvalue weighted by atomic mass is 9.97. The van der Waals surface area contributed by atoms with Gasteiger partial charge in [0.15, 0.2) is 0 Å². The first kappa shape index (κ1) is 45.4. The fraction of sp³-hybridized carbons (Fsp3) is 0. The van der Waals surface area contributed by atoms with Crippen LogP contribution in [0.1, 0.15) is 5.56 Å². The third kappa shape index (κ3) is 8.28. The molecule has 0 aliphatic carbocycles. The minimum absolute atomic E-state index is 1.08. The second kappa shape index (κ2) is 19.2. The Morgan fingerprint density at radius 3 is 0.870 bits per heavy atom. The topological polar surface area (TPSA) is 13.1 Å². The van der Waals surface area contributed by atoms with Gasteiger partial charge in [-0.2, -0.15) is 0 Å². The largest absolute Gasteiger partial charge is 0.311 e. The Labute approximate surface area is 448 Å². The number of para-hydroxylation sites is 4. The van der Waals surface area contributed by atoms with E-state index in [0.717, 1.165) is 33.9 Å². The molecule has 0 unspecified atom stereocenters. The highest BCUT2D eigenvalue weighted by atomic mass is 15.1. The predicted octanol–water partition coefficient (Wildman–Crippen LogP) is 20.3. The number of anilines is 3. The van der Waals surface area contributed by atoms with E-state index in [1.54, 1.807) is 0 Å². The van der Waals surface area contributed by atoms with Crippen molar-refractivity contribution in [3.8, 4) is 67.0 Å². The van der Waals surface area contributed by atoms with E-state index in [0.29, 0.717) is 0 Å². The van der Waals surface area contributed by atoms with Crippen LogP contribution in [0.5, 0.6) is 0 Å². The zero-order valence-corrected chi connectivity index (χ0v) is 42.3. The SMILES string of the molecule is C=Cc1ccc(-c2ccc(N(c3ccc(-c4ccc(-c5ccc(-c6ccc7c(c6)c6ccccc6n7-c6ccccc6)cc5)cc4)cc3)c3ccc(-c4ccc5c(c4)c4ccccc4n5-c4ccccc4)cc3)cc2)cc1. The first-order valence-corrected chi connectivity index (χ1v) is 26.3. The van der Waals surface area contributed by atoms with Gasteiger partial charge in [-0.15, -0.1) is 0 Å². The van der Waals surface area contributed by atoms with Gasteiger partial charge in [-0.25, -0.2) is 0 Å². The summed E-state index contributed by atoms with van der Waals surface area (Å²) in [6, 6.07) is 106. The molecule has 0 fully saturated rings. The van der Waals surface area contributed by atoms with Crippen molar-refractivity contribution in [2.45, 2.75) is 0 Å². The molecule has 2 heterocycles. The quantitative estimate of drug-likeness (QED) is 0.126. The van der Waals surface area contributed by atoms with E-state index in [9.17, 15) is 0 Å². The minimum atomic E-state index is 1.08. The van der Waals surface area contributed by atoms with Crippen LogP contribution in [-0.2, 0) is 0 Å². The van der Waals surface area contributed by atoms with Gasteiger partial charge in [0.05, 0.1) is 22.1 Å². The molecule has 0 aliphatic rings. The number of fused-ring (bicyclic) bond motifs is 6. The molecule has 0 amide bonds. The molecule has 0 N–H and O–H groups in total. The van der Waals surface area contributed by atoms with Crippen LogP contribution in [0, 0.1) is 0 Å². The molecule has 0 atom stereocenters. The number of nitrogens with zero attached hydrogens (tertiary/aromatic N) is 3. The second-order valence-electron chi connectivity index (χ2n) is 19.8. The van der Waals surface area contributed by atoms with Gasteiger partial charge in [0.25, 0.3) is 0 Å². The van der Waals surface area contributed by atoms with Gasteiger partial charge in [-0.1, -0.05) is 207 Å². The summed E-state index contributed by atoms with van der Waals surface area (Å²) in [6.45, 7) is 3.94.